The third-order valence-electron chi connectivity index (χ3n) is 4.07. The molecule has 0 aliphatic rings. The maximum Gasteiger partial charge on any atom is 0.228 e. The first-order valence-electron chi connectivity index (χ1n) is 8.79. The molecule has 6 nitrogen and oxygen atoms in total. The highest BCUT2D eigenvalue weighted by atomic mass is 35.5. The Bertz CT molecular complexity index is 1100. The van der Waals surface area contributed by atoms with Crippen LogP contribution in [0, 0.1) is 0 Å². The first-order valence-corrected chi connectivity index (χ1v) is 10.4. The van der Waals surface area contributed by atoms with Crippen LogP contribution >= 0.6 is 35.1 Å². The molecule has 0 radical (unpaired) electrons. The molecule has 3 rings (SSSR count). The normalized spacial score (nSPS) is 11.3. The summed E-state index contributed by atoms with van der Waals surface area (Å²) in [5, 5.41) is 1.10. The fraction of sp³-hybridized carbons (Fsp3) is 0.0952. The van der Waals surface area contributed by atoms with Gasteiger partial charge in [0.1, 0.15) is 0 Å². The first-order chi connectivity index (χ1) is 14.6. The van der Waals surface area contributed by atoms with Crippen molar-refractivity contribution in [1.29, 1.82) is 0 Å². The summed E-state index contributed by atoms with van der Waals surface area (Å²) >= 11 is 14.1. The quantitative estimate of drug-likeness (QED) is 0.263. The molecule has 1 heterocycles. The van der Waals surface area contributed by atoms with E-state index in [9.17, 15) is 0 Å². The molecule has 30 heavy (non-hydrogen) atoms. The van der Waals surface area contributed by atoms with Gasteiger partial charge in [-0.1, -0.05) is 41.4 Å². The molecule has 9 heteroatoms. The summed E-state index contributed by atoms with van der Waals surface area (Å²) in [7, 11) is 3.26. The van der Waals surface area contributed by atoms with E-state index in [-0.39, 0.29) is 0 Å². The number of methoxy groups -OCH3 is 1. The lowest BCUT2D eigenvalue weighted by Gasteiger charge is -2.13. The molecule has 0 saturated carbocycles. The summed E-state index contributed by atoms with van der Waals surface area (Å²) in [4.78, 5) is 13.2. The Labute approximate surface area is 189 Å². The molecule has 0 fully saturated rings. The fourth-order valence-electron chi connectivity index (χ4n) is 2.74. The number of rotatable bonds is 7. The van der Waals surface area contributed by atoms with Crippen LogP contribution in [0.25, 0.3) is 11.1 Å². The van der Waals surface area contributed by atoms with Crippen LogP contribution in [-0.4, -0.2) is 31.7 Å². The molecule has 3 aromatic rings. The van der Waals surface area contributed by atoms with Crippen molar-refractivity contribution in [1.82, 2.24) is 4.98 Å². The number of hydrogen-bond acceptors (Lipinski definition) is 6. The number of benzene rings is 2. The SMILES string of the molecule is CN=Cc1cc(-c2cccc(NSc3cc(Cl)cnc3OC)c2Cl)ccc1N=CN. The zero-order chi connectivity index (χ0) is 21.5. The van der Waals surface area contributed by atoms with Crippen LogP contribution in [-0.2, 0) is 0 Å². The van der Waals surface area contributed by atoms with Gasteiger partial charge in [-0.25, -0.2) is 9.98 Å². The van der Waals surface area contributed by atoms with Crippen molar-refractivity contribution >= 4 is 59.1 Å². The van der Waals surface area contributed by atoms with Crippen LogP contribution in [0.3, 0.4) is 0 Å². The highest BCUT2D eigenvalue weighted by Crippen LogP contribution is 2.38. The summed E-state index contributed by atoms with van der Waals surface area (Å²) in [6.07, 6.45) is 4.53. The monoisotopic (exact) mass is 459 g/mol. The van der Waals surface area contributed by atoms with Crippen molar-refractivity contribution in [3.63, 3.8) is 0 Å². The van der Waals surface area contributed by atoms with Crippen molar-refractivity contribution in [3.8, 4) is 17.0 Å². The van der Waals surface area contributed by atoms with E-state index in [1.165, 1.54) is 24.5 Å². The van der Waals surface area contributed by atoms with Gasteiger partial charge in [0.05, 0.1) is 39.8 Å². The Kier molecular flexibility index (Phi) is 7.57. The summed E-state index contributed by atoms with van der Waals surface area (Å²) in [5.74, 6) is 0.476. The molecule has 3 N–H and O–H groups in total. The summed E-state index contributed by atoms with van der Waals surface area (Å²) in [6.45, 7) is 0. The molecule has 0 bridgehead atoms. The van der Waals surface area contributed by atoms with Crippen LogP contribution in [0.5, 0.6) is 5.88 Å². The second-order valence-electron chi connectivity index (χ2n) is 5.97. The Morgan fingerprint density at radius 2 is 2.03 bits per heavy atom. The molecule has 0 aliphatic carbocycles. The number of anilines is 1. The Morgan fingerprint density at radius 3 is 2.77 bits per heavy atom. The number of nitrogens with one attached hydrogen (secondary N) is 1. The van der Waals surface area contributed by atoms with Crippen LogP contribution in [0.4, 0.5) is 11.4 Å². The van der Waals surface area contributed by atoms with E-state index in [0.717, 1.165) is 33.0 Å². The standard InChI is InChI=1S/C21H19Cl2N5OS/c1-25-10-14-8-13(6-7-17(14)27-12-24)16-4-3-5-18(20(16)23)28-30-19-9-15(22)11-26-21(19)29-2/h3-12,28H,1-2H3,(H2,24,27). The van der Waals surface area contributed by atoms with Gasteiger partial charge >= 0.3 is 0 Å². The third kappa shape index (κ3) is 5.05. The summed E-state index contributed by atoms with van der Waals surface area (Å²) in [5.41, 5.74) is 9.56. The van der Waals surface area contributed by atoms with Gasteiger partial charge in [0, 0.05) is 30.6 Å². The molecule has 154 valence electrons. The average molecular weight is 460 g/mol. The smallest absolute Gasteiger partial charge is 0.228 e. The molecular formula is C21H19Cl2N5OS. The number of aliphatic imine (C=N–C) groups is 2. The second kappa shape index (κ2) is 10.3. The fourth-order valence-corrected chi connectivity index (χ4v) is 4.10. The van der Waals surface area contributed by atoms with Gasteiger partial charge < -0.3 is 15.2 Å². The van der Waals surface area contributed by atoms with Gasteiger partial charge in [-0.3, -0.25) is 4.99 Å². The van der Waals surface area contributed by atoms with Gasteiger partial charge in [0.25, 0.3) is 0 Å². The van der Waals surface area contributed by atoms with E-state index >= 15 is 0 Å². The predicted octanol–water partition coefficient (Wildman–Crippen LogP) is 5.85. The van der Waals surface area contributed by atoms with Crippen LogP contribution < -0.4 is 15.2 Å². The minimum Gasteiger partial charge on any atom is -0.480 e. The van der Waals surface area contributed by atoms with Gasteiger partial charge in [-0.05, 0) is 41.8 Å². The van der Waals surface area contributed by atoms with Gasteiger partial charge in [0.15, 0.2) is 0 Å². The van der Waals surface area contributed by atoms with Crippen molar-refractivity contribution < 1.29 is 4.74 Å². The number of ether oxygens (including phenoxy) is 1. The first kappa shape index (κ1) is 22.0. The molecule has 0 unspecified atom stereocenters. The number of aromatic nitrogens is 1. The molecule has 1 aromatic heterocycles. The van der Waals surface area contributed by atoms with Gasteiger partial charge in [-0.15, -0.1) is 0 Å². The van der Waals surface area contributed by atoms with E-state index in [1.54, 1.807) is 26.4 Å². The van der Waals surface area contributed by atoms with E-state index < -0.39 is 0 Å². The second-order valence-corrected chi connectivity index (χ2v) is 7.63. The van der Waals surface area contributed by atoms with Crippen molar-refractivity contribution in [2.45, 2.75) is 4.90 Å². The van der Waals surface area contributed by atoms with Gasteiger partial charge in [0.2, 0.25) is 5.88 Å². The lowest BCUT2D eigenvalue weighted by Crippen LogP contribution is -1.95. The minimum absolute atomic E-state index is 0.476. The average Bonchev–Trinajstić information content (AvgIpc) is 2.75. The van der Waals surface area contributed by atoms with E-state index in [2.05, 4.69) is 19.7 Å². The van der Waals surface area contributed by atoms with Crippen molar-refractivity contribution in [3.05, 3.63) is 64.3 Å². The van der Waals surface area contributed by atoms with E-state index in [0.29, 0.717) is 15.9 Å². The molecule has 0 aliphatic heterocycles. The number of halogens is 2. The topological polar surface area (TPSA) is 84.9 Å². The third-order valence-corrected chi connectivity index (χ3v) is 5.52. The number of pyridine rings is 1. The maximum absolute atomic E-state index is 6.71. The Morgan fingerprint density at radius 1 is 1.20 bits per heavy atom. The lowest BCUT2D eigenvalue weighted by molar-refractivity contribution is 0.387. The van der Waals surface area contributed by atoms with Crippen LogP contribution in [0.1, 0.15) is 5.56 Å². The number of nitrogens with two attached hydrogens (primary N) is 1. The van der Waals surface area contributed by atoms with Crippen LogP contribution in [0.15, 0.2) is 63.5 Å². The molecule has 2 aromatic carbocycles. The molecule has 0 spiro atoms. The highest BCUT2D eigenvalue weighted by Gasteiger charge is 2.12. The van der Waals surface area contributed by atoms with Gasteiger partial charge in [-0.2, -0.15) is 0 Å². The molecule has 0 amide bonds. The Balaban J connectivity index is 1.92. The number of nitrogens with zero attached hydrogens (tertiary/aromatic N) is 3. The largest absolute Gasteiger partial charge is 0.480 e. The molecule has 0 atom stereocenters. The van der Waals surface area contributed by atoms with E-state index in [4.69, 9.17) is 33.7 Å². The minimum atomic E-state index is 0.476. The summed E-state index contributed by atoms with van der Waals surface area (Å²) < 4.78 is 8.54. The van der Waals surface area contributed by atoms with Crippen molar-refractivity contribution in [2.75, 3.05) is 18.9 Å². The zero-order valence-electron chi connectivity index (χ0n) is 16.3. The van der Waals surface area contributed by atoms with Crippen molar-refractivity contribution in [2.24, 2.45) is 15.7 Å². The van der Waals surface area contributed by atoms with E-state index in [1.807, 2.05) is 36.4 Å². The highest BCUT2D eigenvalue weighted by molar-refractivity contribution is 8.00. The number of hydrogen-bond donors (Lipinski definition) is 2. The Hall–Kier alpha value is -2.74. The molecular weight excluding hydrogens is 441 g/mol. The predicted molar refractivity (Wildman–Crippen MR) is 128 cm³/mol. The lowest BCUT2D eigenvalue weighted by atomic mass is 10.0. The zero-order valence-corrected chi connectivity index (χ0v) is 18.6. The summed E-state index contributed by atoms with van der Waals surface area (Å²) in [6, 6.07) is 13.3. The molecule has 0 saturated heterocycles. The van der Waals surface area contributed by atoms with Crippen LogP contribution in [0.2, 0.25) is 10.0 Å². The maximum atomic E-state index is 6.71.